The second-order valence-corrected chi connectivity index (χ2v) is 8.85. The van der Waals surface area contributed by atoms with Gasteiger partial charge in [0.15, 0.2) is 5.96 Å². The first-order valence-corrected chi connectivity index (χ1v) is 11.9. The number of nitrogens with zero attached hydrogens (tertiary/aromatic N) is 4. The van der Waals surface area contributed by atoms with Crippen molar-refractivity contribution < 1.29 is 0 Å². The largest absolute Gasteiger partial charge is 0.357 e. The maximum atomic E-state index is 4.85. The van der Waals surface area contributed by atoms with E-state index in [1.807, 2.05) is 0 Å². The molecule has 30 heavy (non-hydrogen) atoms. The highest BCUT2D eigenvalue weighted by Crippen LogP contribution is 2.12. The van der Waals surface area contributed by atoms with Crippen molar-refractivity contribution >= 4 is 5.96 Å². The Morgan fingerprint density at radius 3 is 2.23 bits per heavy atom. The Morgan fingerprint density at radius 2 is 1.60 bits per heavy atom. The lowest BCUT2D eigenvalue weighted by Gasteiger charge is -2.32. The molecular weight excluding hydrogens is 372 g/mol. The second kappa shape index (κ2) is 12.3. The average molecular weight is 415 g/mol. The number of benzene rings is 1. The van der Waals surface area contributed by atoms with Crippen molar-refractivity contribution in [3.05, 3.63) is 35.4 Å². The predicted molar refractivity (Wildman–Crippen MR) is 127 cm³/mol. The van der Waals surface area contributed by atoms with Crippen LogP contribution in [0.5, 0.6) is 0 Å². The molecule has 1 aromatic rings. The van der Waals surface area contributed by atoms with Crippen molar-refractivity contribution in [2.24, 2.45) is 4.99 Å². The first-order valence-electron chi connectivity index (χ1n) is 11.9. The normalized spacial score (nSPS) is 20.4. The lowest BCUT2D eigenvalue weighted by Crippen LogP contribution is -2.48. The van der Waals surface area contributed by atoms with Crippen LogP contribution in [0.25, 0.3) is 0 Å². The first-order chi connectivity index (χ1) is 14.7. The number of likely N-dealkylation sites (tertiary alicyclic amines) is 1. The van der Waals surface area contributed by atoms with Crippen molar-refractivity contribution in [3.63, 3.8) is 0 Å². The number of rotatable bonds is 8. The van der Waals surface area contributed by atoms with E-state index < -0.39 is 0 Å². The maximum absolute atomic E-state index is 4.85. The molecule has 1 aromatic carbocycles. The monoisotopic (exact) mass is 414 g/mol. The van der Waals surface area contributed by atoms with Crippen molar-refractivity contribution in [1.82, 2.24) is 25.3 Å². The Hall–Kier alpha value is -1.63. The van der Waals surface area contributed by atoms with Crippen LogP contribution in [0, 0.1) is 0 Å². The van der Waals surface area contributed by atoms with Crippen molar-refractivity contribution in [2.45, 2.75) is 52.2 Å². The molecule has 168 valence electrons. The van der Waals surface area contributed by atoms with Gasteiger partial charge in [0.2, 0.25) is 0 Å². The van der Waals surface area contributed by atoms with Crippen LogP contribution in [0.1, 0.15) is 44.2 Å². The Balaban J connectivity index is 1.47. The highest BCUT2D eigenvalue weighted by atomic mass is 15.2. The number of likely N-dealkylation sites (N-methyl/N-ethyl adjacent to an activating group) is 1. The van der Waals surface area contributed by atoms with E-state index in [0.29, 0.717) is 6.04 Å². The minimum Gasteiger partial charge on any atom is -0.357 e. The van der Waals surface area contributed by atoms with E-state index in [2.05, 4.69) is 70.5 Å². The van der Waals surface area contributed by atoms with Gasteiger partial charge in [0.1, 0.15) is 0 Å². The molecule has 2 heterocycles. The van der Waals surface area contributed by atoms with E-state index >= 15 is 0 Å². The van der Waals surface area contributed by atoms with Crippen molar-refractivity contribution in [3.8, 4) is 0 Å². The summed E-state index contributed by atoms with van der Waals surface area (Å²) in [6.45, 7) is 15.4. The lowest BCUT2D eigenvalue weighted by atomic mass is 10.1. The summed E-state index contributed by atoms with van der Waals surface area (Å²) in [6.07, 6.45) is 3.65. The number of piperidine rings is 1. The summed E-state index contributed by atoms with van der Waals surface area (Å²) in [6, 6.07) is 9.55. The zero-order chi connectivity index (χ0) is 21.2. The molecule has 0 bridgehead atoms. The van der Waals surface area contributed by atoms with Gasteiger partial charge in [0.25, 0.3) is 0 Å². The number of hydrogen-bond acceptors (Lipinski definition) is 4. The number of aliphatic imine (C=N–C) groups is 1. The Bertz CT molecular complexity index is 628. The summed E-state index contributed by atoms with van der Waals surface area (Å²) in [5.41, 5.74) is 2.67. The lowest BCUT2D eigenvalue weighted by molar-refractivity contribution is 0.148. The fourth-order valence-corrected chi connectivity index (χ4v) is 4.32. The van der Waals surface area contributed by atoms with Crippen LogP contribution in [0.15, 0.2) is 29.3 Å². The maximum Gasteiger partial charge on any atom is 0.191 e. The average Bonchev–Trinajstić information content (AvgIpc) is 2.76. The number of hydrogen-bond donors (Lipinski definition) is 2. The van der Waals surface area contributed by atoms with Gasteiger partial charge in [-0.05, 0) is 50.9 Å². The van der Waals surface area contributed by atoms with Gasteiger partial charge in [0, 0.05) is 58.4 Å². The minimum atomic E-state index is 0.530. The molecule has 6 nitrogen and oxygen atoms in total. The van der Waals surface area contributed by atoms with Gasteiger partial charge < -0.3 is 20.4 Å². The Kier molecular flexibility index (Phi) is 9.43. The molecule has 2 N–H and O–H groups in total. The molecule has 2 fully saturated rings. The van der Waals surface area contributed by atoms with Crippen molar-refractivity contribution in [1.29, 1.82) is 0 Å². The van der Waals surface area contributed by atoms with Crippen LogP contribution in [0.4, 0.5) is 0 Å². The van der Waals surface area contributed by atoms with Gasteiger partial charge in [-0.1, -0.05) is 31.2 Å². The van der Waals surface area contributed by atoms with Crippen LogP contribution in [-0.4, -0.2) is 86.1 Å². The molecule has 0 aliphatic carbocycles. The quantitative estimate of drug-likeness (QED) is 0.505. The van der Waals surface area contributed by atoms with Gasteiger partial charge in [-0.3, -0.25) is 4.90 Å². The molecule has 0 spiro atoms. The molecule has 0 atom stereocenters. The van der Waals surface area contributed by atoms with Gasteiger partial charge in [-0.2, -0.15) is 0 Å². The topological polar surface area (TPSA) is 46.1 Å². The molecule has 2 aliphatic heterocycles. The molecular formula is C24H42N6. The van der Waals surface area contributed by atoms with E-state index in [1.165, 1.54) is 63.1 Å². The number of guanidine groups is 1. The number of nitrogens with one attached hydrogen (secondary N) is 2. The van der Waals surface area contributed by atoms with Gasteiger partial charge in [-0.25, -0.2) is 4.99 Å². The zero-order valence-corrected chi connectivity index (χ0v) is 19.4. The molecule has 0 radical (unpaired) electrons. The second-order valence-electron chi connectivity index (χ2n) is 8.85. The van der Waals surface area contributed by atoms with E-state index in [4.69, 9.17) is 4.99 Å². The van der Waals surface area contributed by atoms with Crippen LogP contribution in [0.2, 0.25) is 0 Å². The summed E-state index contributed by atoms with van der Waals surface area (Å²) in [5, 5.41) is 7.08. The Morgan fingerprint density at radius 1 is 0.933 bits per heavy atom. The predicted octanol–water partition coefficient (Wildman–Crippen LogP) is 2.36. The zero-order valence-electron chi connectivity index (χ0n) is 19.4. The van der Waals surface area contributed by atoms with Gasteiger partial charge in [-0.15, -0.1) is 0 Å². The third-order valence-electron chi connectivity index (χ3n) is 6.26. The SMILES string of the molecule is CCCN1CCC(NC(=NCc2ccc(CN3CCN(C)CC3)cc2)NCC)CC1. The van der Waals surface area contributed by atoms with Crippen LogP contribution in [-0.2, 0) is 13.1 Å². The molecule has 3 rings (SSSR count). The summed E-state index contributed by atoms with van der Waals surface area (Å²) < 4.78 is 0. The summed E-state index contributed by atoms with van der Waals surface area (Å²) in [7, 11) is 2.21. The summed E-state index contributed by atoms with van der Waals surface area (Å²) >= 11 is 0. The van der Waals surface area contributed by atoms with E-state index in [9.17, 15) is 0 Å². The highest BCUT2D eigenvalue weighted by Gasteiger charge is 2.19. The van der Waals surface area contributed by atoms with E-state index in [-0.39, 0.29) is 0 Å². The fraction of sp³-hybridized carbons (Fsp3) is 0.708. The third-order valence-corrected chi connectivity index (χ3v) is 6.26. The standard InChI is InChI=1S/C24H42N6/c1-4-12-29-13-10-23(11-14-29)27-24(25-5-2)26-19-21-6-8-22(9-7-21)20-30-17-15-28(3)16-18-30/h6-9,23H,4-5,10-20H2,1-3H3,(H2,25,26,27). The van der Waals surface area contributed by atoms with Gasteiger partial charge >= 0.3 is 0 Å². The molecule has 6 heteroatoms. The fourth-order valence-electron chi connectivity index (χ4n) is 4.32. The van der Waals surface area contributed by atoms with Gasteiger partial charge in [0.05, 0.1) is 6.54 Å². The van der Waals surface area contributed by atoms with E-state index in [0.717, 1.165) is 38.7 Å². The van der Waals surface area contributed by atoms with Crippen LogP contribution < -0.4 is 10.6 Å². The molecule has 0 saturated carbocycles. The molecule has 2 aliphatic rings. The van der Waals surface area contributed by atoms with Crippen LogP contribution in [0.3, 0.4) is 0 Å². The molecule has 0 amide bonds. The smallest absolute Gasteiger partial charge is 0.191 e. The summed E-state index contributed by atoms with van der Waals surface area (Å²) in [5.74, 6) is 0.952. The molecule has 2 saturated heterocycles. The summed E-state index contributed by atoms with van der Waals surface area (Å²) in [4.78, 5) is 12.4. The molecule has 0 aromatic heterocycles. The number of piperazine rings is 1. The van der Waals surface area contributed by atoms with Crippen LogP contribution >= 0.6 is 0 Å². The van der Waals surface area contributed by atoms with Crippen molar-refractivity contribution in [2.75, 3.05) is 59.4 Å². The highest BCUT2D eigenvalue weighted by molar-refractivity contribution is 5.80. The first kappa shape index (κ1) is 23.0. The Labute approximate surface area is 183 Å². The third kappa shape index (κ3) is 7.56. The molecule has 0 unspecified atom stereocenters. The minimum absolute atomic E-state index is 0.530. The van der Waals surface area contributed by atoms with E-state index in [1.54, 1.807) is 0 Å².